The highest BCUT2D eigenvalue weighted by atomic mass is 19.3. The molecule has 20 heavy (non-hydrogen) atoms. The van der Waals surface area contributed by atoms with Crippen LogP contribution in [0.2, 0.25) is 0 Å². The summed E-state index contributed by atoms with van der Waals surface area (Å²) in [5, 5.41) is 10.9. The van der Waals surface area contributed by atoms with Crippen molar-refractivity contribution in [3.63, 3.8) is 0 Å². The predicted molar refractivity (Wildman–Crippen MR) is 70.0 cm³/mol. The summed E-state index contributed by atoms with van der Waals surface area (Å²) in [4.78, 5) is 12.8. The van der Waals surface area contributed by atoms with Crippen molar-refractivity contribution in [2.24, 2.45) is 0 Å². The van der Waals surface area contributed by atoms with Gasteiger partial charge < -0.3 is 5.32 Å². The molecule has 2 aliphatic rings. The van der Waals surface area contributed by atoms with Gasteiger partial charge in [0, 0.05) is 6.92 Å². The van der Waals surface area contributed by atoms with Crippen LogP contribution >= 0.6 is 0 Å². The molecule has 1 heterocycles. The molecule has 0 saturated carbocycles. The number of urea groups is 1. The van der Waals surface area contributed by atoms with Crippen molar-refractivity contribution in [2.45, 2.75) is 31.2 Å². The SMILES string of the molecule is CC(F)(F)CN1C(=N)C2(CCc3ccccc32)NC1=O. The summed E-state index contributed by atoms with van der Waals surface area (Å²) in [5.41, 5.74) is 0.974. The van der Waals surface area contributed by atoms with Crippen LogP contribution in [0.4, 0.5) is 13.6 Å². The molecule has 1 unspecified atom stereocenters. The number of benzene rings is 1. The first-order valence-electron chi connectivity index (χ1n) is 6.48. The number of rotatable bonds is 2. The van der Waals surface area contributed by atoms with E-state index in [0.29, 0.717) is 6.42 Å². The lowest BCUT2D eigenvalue weighted by molar-refractivity contribution is 0.00885. The molecule has 2 amide bonds. The number of nitrogens with one attached hydrogen (secondary N) is 2. The monoisotopic (exact) mass is 279 g/mol. The molecule has 1 aliphatic heterocycles. The molecule has 1 aromatic rings. The Morgan fingerprint density at radius 3 is 2.85 bits per heavy atom. The summed E-state index contributed by atoms with van der Waals surface area (Å²) >= 11 is 0. The molecule has 1 fully saturated rings. The Balaban J connectivity index is 1.99. The van der Waals surface area contributed by atoms with Gasteiger partial charge in [0.25, 0.3) is 5.92 Å². The number of nitrogens with zero attached hydrogens (tertiary/aromatic N) is 1. The molecule has 106 valence electrons. The Morgan fingerprint density at radius 1 is 1.45 bits per heavy atom. The molecule has 1 saturated heterocycles. The van der Waals surface area contributed by atoms with Gasteiger partial charge in [-0.05, 0) is 24.0 Å². The van der Waals surface area contributed by atoms with Gasteiger partial charge >= 0.3 is 6.03 Å². The van der Waals surface area contributed by atoms with Gasteiger partial charge in [-0.1, -0.05) is 24.3 Å². The topological polar surface area (TPSA) is 56.2 Å². The molecule has 0 radical (unpaired) electrons. The van der Waals surface area contributed by atoms with Crippen LogP contribution in [0.25, 0.3) is 0 Å². The molecule has 1 aromatic carbocycles. The molecule has 4 nitrogen and oxygen atoms in total. The lowest BCUT2D eigenvalue weighted by Crippen LogP contribution is -2.43. The molecule has 3 rings (SSSR count). The van der Waals surface area contributed by atoms with E-state index in [2.05, 4.69) is 5.32 Å². The second kappa shape index (κ2) is 4.01. The van der Waals surface area contributed by atoms with Crippen molar-refractivity contribution >= 4 is 11.9 Å². The van der Waals surface area contributed by atoms with Crippen LogP contribution < -0.4 is 5.32 Å². The maximum absolute atomic E-state index is 13.2. The Kier molecular flexibility index (Phi) is 2.61. The summed E-state index contributed by atoms with van der Waals surface area (Å²) in [6, 6.07) is 6.91. The summed E-state index contributed by atoms with van der Waals surface area (Å²) in [7, 11) is 0. The molecule has 1 spiro atoms. The average molecular weight is 279 g/mol. The van der Waals surface area contributed by atoms with E-state index in [1.165, 1.54) is 0 Å². The molecule has 0 bridgehead atoms. The van der Waals surface area contributed by atoms with Gasteiger partial charge in [-0.15, -0.1) is 0 Å². The minimum atomic E-state index is -3.02. The highest BCUT2D eigenvalue weighted by Crippen LogP contribution is 2.41. The lowest BCUT2D eigenvalue weighted by Gasteiger charge is -2.26. The summed E-state index contributed by atoms with van der Waals surface area (Å²) in [5.74, 6) is -3.10. The Bertz CT molecular complexity index is 596. The fourth-order valence-electron chi connectivity index (χ4n) is 3.06. The van der Waals surface area contributed by atoms with Crippen molar-refractivity contribution < 1.29 is 13.6 Å². The van der Waals surface area contributed by atoms with E-state index in [9.17, 15) is 13.6 Å². The predicted octanol–water partition coefficient (Wildman–Crippen LogP) is 2.49. The standard InChI is InChI=1S/C14H15F2N3O/c1-13(15,16)8-19-11(17)14(18-12(19)20)7-6-9-4-2-3-5-10(9)14/h2-5,17H,6-8H2,1H3,(H,18,20). The average Bonchev–Trinajstić information content (AvgIpc) is 2.84. The number of fused-ring (bicyclic) bond motifs is 2. The van der Waals surface area contributed by atoms with Crippen molar-refractivity contribution in [3.05, 3.63) is 35.4 Å². The number of amidine groups is 1. The number of halogens is 2. The molecule has 1 atom stereocenters. The van der Waals surface area contributed by atoms with Crippen LogP contribution in [0.1, 0.15) is 24.5 Å². The van der Waals surface area contributed by atoms with Gasteiger partial charge in [0.05, 0.1) is 6.54 Å². The van der Waals surface area contributed by atoms with Crippen LogP contribution in [-0.4, -0.2) is 29.2 Å². The fraction of sp³-hybridized carbons (Fsp3) is 0.429. The Morgan fingerprint density at radius 2 is 2.15 bits per heavy atom. The first-order valence-corrected chi connectivity index (χ1v) is 6.48. The third kappa shape index (κ3) is 1.78. The number of carbonyl (C=O) groups is 1. The number of amides is 2. The minimum Gasteiger partial charge on any atom is -0.321 e. The van der Waals surface area contributed by atoms with Gasteiger partial charge in [-0.3, -0.25) is 10.3 Å². The first-order chi connectivity index (χ1) is 9.33. The molecule has 6 heteroatoms. The van der Waals surface area contributed by atoms with Crippen LogP contribution in [-0.2, 0) is 12.0 Å². The van der Waals surface area contributed by atoms with Gasteiger partial charge in [0.1, 0.15) is 11.4 Å². The zero-order chi connectivity index (χ0) is 14.5. The van der Waals surface area contributed by atoms with Crippen molar-refractivity contribution in [3.8, 4) is 0 Å². The maximum atomic E-state index is 13.2. The smallest absolute Gasteiger partial charge is 0.321 e. The van der Waals surface area contributed by atoms with E-state index in [4.69, 9.17) is 5.41 Å². The Hall–Kier alpha value is -1.98. The van der Waals surface area contributed by atoms with Gasteiger partial charge in [-0.25, -0.2) is 13.6 Å². The third-order valence-corrected chi connectivity index (χ3v) is 3.92. The zero-order valence-corrected chi connectivity index (χ0v) is 11.0. The number of aryl methyl sites for hydroxylation is 1. The summed E-state index contributed by atoms with van der Waals surface area (Å²) in [6.45, 7) is -0.0112. The maximum Gasteiger partial charge on any atom is 0.324 e. The minimum absolute atomic E-state index is 0.0750. The van der Waals surface area contributed by atoms with E-state index in [0.717, 1.165) is 29.4 Å². The molecule has 2 N–H and O–H groups in total. The summed E-state index contributed by atoms with van der Waals surface area (Å²) < 4.78 is 26.3. The van der Waals surface area contributed by atoms with Crippen LogP contribution in [0.5, 0.6) is 0 Å². The number of alkyl halides is 2. The van der Waals surface area contributed by atoms with Crippen molar-refractivity contribution in [1.82, 2.24) is 10.2 Å². The van der Waals surface area contributed by atoms with Crippen molar-refractivity contribution in [1.29, 1.82) is 5.41 Å². The van der Waals surface area contributed by atoms with Crippen LogP contribution in [0.3, 0.4) is 0 Å². The van der Waals surface area contributed by atoms with Gasteiger partial charge in [-0.2, -0.15) is 0 Å². The lowest BCUT2D eigenvalue weighted by atomic mass is 9.91. The van der Waals surface area contributed by atoms with Crippen molar-refractivity contribution in [2.75, 3.05) is 6.54 Å². The number of carbonyl (C=O) groups excluding carboxylic acids is 1. The normalized spacial score (nSPS) is 25.2. The second-order valence-electron chi connectivity index (χ2n) is 5.50. The molecular formula is C14H15F2N3O. The van der Waals surface area contributed by atoms with E-state index in [1.807, 2.05) is 24.3 Å². The van der Waals surface area contributed by atoms with Crippen LogP contribution in [0.15, 0.2) is 24.3 Å². The fourth-order valence-corrected chi connectivity index (χ4v) is 3.06. The number of hydrogen-bond donors (Lipinski definition) is 2. The first kappa shape index (κ1) is 13.0. The van der Waals surface area contributed by atoms with Gasteiger partial charge in [0.2, 0.25) is 0 Å². The molecule has 0 aromatic heterocycles. The van der Waals surface area contributed by atoms with Gasteiger partial charge in [0.15, 0.2) is 0 Å². The molecular weight excluding hydrogens is 264 g/mol. The van der Waals surface area contributed by atoms with Crippen LogP contribution in [0, 0.1) is 5.41 Å². The zero-order valence-electron chi connectivity index (χ0n) is 11.0. The van der Waals surface area contributed by atoms with E-state index in [-0.39, 0.29) is 5.84 Å². The van der Waals surface area contributed by atoms with E-state index >= 15 is 0 Å². The van der Waals surface area contributed by atoms with E-state index in [1.54, 1.807) is 0 Å². The van der Waals surface area contributed by atoms with E-state index < -0.39 is 24.0 Å². The number of hydrogen-bond acceptors (Lipinski definition) is 2. The highest BCUT2D eigenvalue weighted by molar-refractivity contribution is 6.09. The molecule has 1 aliphatic carbocycles. The second-order valence-corrected chi connectivity index (χ2v) is 5.50. The largest absolute Gasteiger partial charge is 0.324 e. The third-order valence-electron chi connectivity index (χ3n) is 3.92. The summed E-state index contributed by atoms with van der Waals surface area (Å²) in [6.07, 6.45) is 1.28. The quantitative estimate of drug-likeness (QED) is 0.858. The Labute approximate surface area is 115 Å². The highest BCUT2D eigenvalue weighted by Gasteiger charge is 2.53.